The van der Waals surface area contributed by atoms with Gasteiger partial charge < -0.3 is 9.80 Å². The number of amides is 2. The Kier molecular flexibility index (Phi) is 6.84. The maximum absolute atomic E-state index is 13.1. The molecule has 2 aliphatic heterocycles. The summed E-state index contributed by atoms with van der Waals surface area (Å²) in [5.41, 5.74) is -2.33. The van der Waals surface area contributed by atoms with Crippen molar-refractivity contribution in [2.75, 3.05) is 26.2 Å². The standard InChI is InChI=1S/C25H24F3N5O3S/c26-25(27,28)37(36)20-5-1-16(2-6-20)3-8-23(34)32-11-9-18-14-33(15-19(18)10-12-32)24(35)17-4-7-21-22(13-17)30-31-29-21/h1-8,13,18-19H,9-12,14-15H2,(H,29,30,31)/b8-3+. The van der Waals surface area contributed by atoms with Gasteiger partial charge in [0.15, 0.2) is 10.8 Å². The zero-order valence-electron chi connectivity index (χ0n) is 19.6. The maximum Gasteiger partial charge on any atom is 0.475 e. The van der Waals surface area contributed by atoms with E-state index in [1.165, 1.54) is 18.2 Å². The van der Waals surface area contributed by atoms with Crippen LogP contribution < -0.4 is 0 Å². The number of halogens is 3. The lowest BCUT2D eigenvalue weighted by Crippen LogP contribution is -2.33. The van der Waals surface area contributed by atoms with Gasteiger partial charge in [-0.25, -0.2) is 4.21 Å². The molecule has 8 nitrogen and oxygen atoms in total. The van der Waals surface area contributed by atoms with Crippen LogP contribution in [-0.4, -0.2) is 72.9 Å². The first kappa shape index (κ1) is 25.1. The molecule has 0 spiro atoms. The van der Waals surface area contributed by atoms with Crippen molar-refractivity contribution in [2.45, 2.75) is 23.2 Å². The van der Waals surface area contributed by atoms with E-state index in [1.54, 1.807) is 29.2 Å². The lowest BCUT2D eigenvalue weighted by Gasteiger charge is -2.21. The summed E-state index contributed by atoms with van der Waals surface area (Å²) in [5, 5.41) is 10.6. The van der Waals surface area contributed by atoms with Gasteiger partial charge in [-0.15, -0.1) is 0 Å². The smallest absolute Gasteiger partial charge is 0.339 e. The fraction of sp³-hybridized carbons (Fsp3) is 0.360. The van der Waals surface area contributed by atoms with Crippen LogP contribution in [0, 0.1) is 11.8 Å². The lowest BCUT2D eigenvalue weighted by molar-refractivity contribution is -0.126. The predicted molar refractivity (Wildman–Crippen MR) is 131 cm³/mol. The molecule has 0 saturated carbocycles. The van der Waals surface area contributed by atoms with Crippen molar-refractivity contribution in [1.82, 2.24) is 25.2 Å². The van der Waals surface area contributed by atoms with E-state index < -0.39 is 16.3 Å². The number of aromatic amines is 1. The van der Waals surface area contributed by atoms with Gasteiger partial charge in [0.25, 0.3) is 5.91 Å². The molecular formula is C25H24F3N5O3S. The molecule has 3 atom stereocenters. The largest absolute Gasteiger partial charge is 0.475 e. The summed E-state index contributed by atoms with van der Waals surface area (Å²) in [5.74, 6) is 0.419. The summed E-state index contributed by atoms with van der Waals surface area (Å²) in [7, 11) is -3.08. The number of hydrogen-bond acceptors (Lipinski definition) is 5. The number of carbonyl (C=O) groups excluding carboxylic acids is 2. The highest BCUT2D eigenvalue weighted by Gasteiger charge is 2.38. The third-order valence-corrected chi connectivity index (χ3v) is 8.12. The molecule has 12 heteroatoms. The minimum atomic E-state index is -4.81. The molecule has 3 aromatic rings. The van der Waals surface area contributed by atoms with Gasteiger partial charge in [-0.05, 0) is 66.6 Å². The van der Waals surface area contributed by atoms with Crippen LogP contribution in [0.1, 0.15) is 28.8 Å². The van der Waals surface area contributed by atoms with Gasteiger partial charge in [-0.2, -0.15) is 28.6 Å². The number of carbonyl (C=O) groups is 2. The second kappa shape index (κ2) is 10.1. The number of benzene rings is 2. The molecule has 2 aromatic carbocycles. The van der Waals surface area contributed by atoms with Gasteiger partial charge in [0.1, 0.15) is 11.0 Å². The average Bonchev–Trinajstić information content (AvgIpc) is 3.48. The Morgan fingerprint density at radius 2 is 1.59 bits per heavy atom. The van der Waals surface area contributed by atoms with Crippen molar-refractivity contribution in [3.63, 3.8) is 0 Å². The third-order valence-electron chi connectivity index (χ3n) is 7.00. The average molecular weight is 532 g/mol. The molecule has 2 fully saturated rings. The first-order valence-corrected chi connectivity index (χ1v) is 13.0. The van der Waals surface area contributed by atoms with Crippen molar-refractivity contribution in [2.24, 2.45) is 11.8 Å². The van der Waals surface area contributed by atoms with Crippen molar-refractivity contribution in [3.05, 3.63) is 59.7 Å². The van der Waals surface area contributed by atoms with E-state index in [0.717, 1.165) is 25.0 Å². The van der Waals surface area contributed by atoms with Crippen LogP contribution >= 0.6 is 0 Å². The van der Waals surface area contributed by atoms with Gasteiger partial charge in [0.05, 0.1) is 0 Å². The molecule has 5 rings (SSSR count). The fourth-order valence-corrected chi connectivity index (χ4v) is 5.65. The molecular weight excluding hydrogens is 507 g/mol. The molecule has 0 bridgehead atoms. The molecule has 1 aromatic heterocycles. The van der Waals surface area contributed by atoms with Gasteiger partial charge >= 0.3 is 5.51 Å². The molecule has 0 radical (unpaired) electrons. The van der Waals surface area contributed by atoms with E-state index in [-0.39, 0.29) is 16.7 Å². The minimum Gasteiger partial charge on any atom is -0.339 e. The highest BCUT2D eigenvalue weighted by atomic mass is 32.2. The first-order chi connectivity index (χ1) is 17.7. The Labute approximate surface area is 213 Å². The molecule has 37 heavy (non-hydrogen) atoms. The van der Waals surface area contributed by atoms with Crippen LogP contribution in [0.2, 0.25) is 0 Å². The number of fused-ring (bicyclic) bond motifs is 2. The third kappa shape index (κ3) is 5.43. The van der Waals surface area contributed by atoms with E-state index >= 15 is 0 Å². The summed E-state index contributed by atoms with van der Waals surface area (Å²) in [6.07, 6.45) is 4.52. The molecule has 194 valence electrons. The Morgan fingerprint density at radius 3 is 2.24 bits per heavy atom. The van der Waals surface area contributed by atoms with E-state index in [2.05, 4.69) is 15.4 Å². The quantitative estimate of drug-likeness (QED) is 0.519. The molecule has 3 unspecified atom stereocenters. The Bertz CT molecular complexity index is 1360. The summed E-state index contributed by atoms with van der Waals surface area (Å²) < 4.78 is 49.2. The van der Waals surface area contributed by atoms with Gasteiger partial charge in [0.2, 0.25) is 5.91 Å². The molecule has 2 amide bonds. The van der Waals surface area contributed by atoms with Gasteiger partial charge in [-0.1, -0.05) is 12.1 Å². The normalized spacial score (nSPS) is 21.3. The minimum absolute atomic E-state index is 0.0288. The van der Waals surface area contributed by atoms with Gasteiger partial charge in [0, 0.05) is 42.7 Å². The van der Waals surface area contributed by atoms with Crippen LogP contribution in [0.3, 0.4) is 0 Å². The molecule has 3 heterocycles. The van der Waals surface area contributed by atoms with Crippen molar-refractivity contribution in [1.29, 1.82) is 0 Å². The van der Waals surface area contributed by atoms with Crippen molar-refractivity contribution >= 4 is 39.7 Å². The van der Waals surface area contributed by atoms with Crippen molar-refractivity contribution in [3.8, 4) is 0 Å². The number of H-pyrrole nitrogens is 1. The van der Waals surface area contributed by atoms with Crippen LogP contribution in [-0.2, 0) is 15.6 Å². The highest BCUT2D eigenvalue weighted by molar-refractivity contribution is 7.86. The zero-order chi connectivity index (χ0) is 26.2. The van der Waals surface area contributed by atoms with Crippen LogP contribution in [0.25, 0.3) is 17.1 Å². The predicted octanol–water partition coefficient (Wildman–Crippen LogP) is 3.61. The summed E-state index contributed by atoms with van der Waals surface area (Å²) in [6, 6.07) is 10.4. The van der Waals surface area contributed by atoms with E-state index in [1.807, 2.05) is 4.90 Å². The monoisotopic (exact) mass is 531 g/mol. The van der Waals surface area contributed by atoms with E-state index in [0.29, 0.717) is 60.2 Å². The maximum atomic E-state index is 13.1. The summed E-state index contributed by atoms with van der Waals surface area (Å²) >= 11 is 0. The van der Waals surface area contributed by atoms with Gasteiger partial charge in [-0.3, -0.25) is 9.59 Å². The second-order valence-corrected chi connectivity index (χ2v) is 10.7. The highest BCUT2D eigenvalue weighted by Crippen LogP contribution is 2.33. The number of nitrogens with zero attached hydrogens (tertiary/aromatic N) is 4. The summed E-state index contributed by atoms with van der Waals surface area (Å²) in [6.45, 7) is 2.43. The van der Waals surface area contributed by atoms with Crippen LogP contribution in [0.4, 0.5) is 13.2 Å². The summed E-state index contributed by atoms with van der Waals surface area (Å²) in [4.78, 5) is 29.1. The van der Waals surface area contributed by atoms with Crippen molar-refractivity contribution < 1.29 is 27.0 Å². The Balaban J connectivity index is 1.15. The van der Waals surface area contributed by atoms with E-state index in [4.69, 9.17) is 0 Å². The fourth-order valence-electron chi connectivity index (χ4n) is 5.00. The SMILES string of the molecule is O=C(/C=C/c1ccc(S(=O)C(F)(F)F)cc1)N1CCC2CN(C(=O)c3ccc4n[nH]nc4c3)CC2CC1. The lowest BCUT2D eigenvalue weighted by atomic mass is 9.92. The van der Waals surface area contributed by atoms with Crippen LogP contribution in [0.15, 0.2) is 53.4 Å². The number of likely N-dealkylation sites (tertiary alicyclic amines) is 2. The molecule has 1 N–H and O–H groups in total. The number of hydrogen-bond donors (Lipinski definition) is 1. The zero-order valence-corrected chi connectivity index (χ0v) is 20.5. The van der Waals surface area contributed by atoms with E-state index in [9.17, 15) is 27.0 Å². The first-order valence-electron chi connectivity index (χ1n) is 11.8. The Hall–Kier alpha value is -3.54. The van der Waals surface area contributed by atoms with Crippen LogP contribution in [0.5, 0.6) is 0 Å². The Morgan fingerprint density at radius 1 is 0.946 bits per heavy atom. The number of rotatable bonds is 4. The second-order valence-electron chi connectivity index (χ2n) is 9.28. The molecule has 2 aliphatic rings. The number of aromatic nitrogens is 3. The topological polar surface area (TPSA) is 99.3 Å². The number of nitrogens with one attached hydrogen (secondary N) is 1. The number of alkyl halides is 3. The molecule has 2 saturated heterocycles. The molecule has 0 aliphatic carbocycles.